The number of carbonyl (C=O) groups is 1. The molecule has 1 aromatic rings. The number of amides is 1. The van der Waals surface area contributed by atoms with Crippen LogP contribution >= 0.6 is 0 Å². The molecule has 0 aliphatic rings. The van der Waals surface area contributed by atoms with Crippen LogP contribution in [0.1, 0.15) is 52.7 Å². The van der Waals surface area contributed by atoms with E-state index in [2.05, 4.69) is 27.8 Å². The molecule has 6 heteroatoms. The predicted molar refractivity (Wildman–Crippen MR) is 83.0 cm³/mol. The molecule has 1 rings (SSSR count). The topological polar surface area (TPSA) is 79.0 Å². The summed E-state index contributed by atoms with van der Waals surface area (Å²) in [6.45, 7) is 9.01. The van der Waals surface area contributed by atoms with Crippen LogP contribution in [0.2, 0.25) is 0 Å². The second-order valence-electron chi connectivity index (χ2n) is 6.18. The molecule has 0 fully saturated rings. The molecule has 120 valence electrons. The number of aromatic amines is 1. The van der Waals surface area contributed by atoms with Gasteiger partial charge in [0.15, 0.2) is 0 Å². The van der Waals surface area contributed by atoms with Crippen molar-refractivity contribution in [1.82, 2.24) is 20.8 Å². The molecule has 0 spiro atoms. The number of nitrogens with zero attached hydrogens (tertiary/aromatic N) is 1. The molecule has 1 unspecified atom stereocenters. The summed E-state index contributed by atoms with van der Waals surface area (Å²) in [5, 5.41) is 13.1. The van der Waals surface area contributed by atoms with Crippen molar-refractivity contribution in [3.05, 3.63) is 18.0 Å². The third-order valence-corrected chi connectivity index (χ3v) is 2.94. The molecular weight excluding hydrogens is 268 g/mol. The third-order valence-electron chi connectivity index (χ3n) is 2.94. The molecule has 1 atom stereocenters. The van der Waals surface area contributed by atoms with Crippen molar-refractivity contribution in [3.8, 4) is 0 Å². The van der Waals surface area contributed by atoms with Crippen LogP contribution in [0.4, 0.5) is 4.79 Å². The van der Waals surface area contributed by atoms with Gasteiger partial charge in [0.25, 0.3) is 0 Å². The Balaban J connectivity index is 2.36. The monoisotopic (exact) mass is 296 g/mol. The van der Waals surface area contributed by atoms with E-state index in [1.165, 1.54) is 0 Å². The van der Waals surface area contributed by atoms with Crippen LogP contribution in [-0.4, -0.2) is 34.5 Å². The molecule has 1 heterocycles. The van der Waals surface area contributed by atoms with Gasteiger partial charge in [-0.25, -0.2) is 4.79 Å². The van der Waals surface area contributed by atoms with E-state index in [4.69, 9.17) is 4.74 Å². The van der Waals surface area contributed by atoms with Crippen molar-refractivity contribution >= 4 is 6.09 Å². The Hall–Kier alpha value is -1.56. The van der Waals surface area contributed by atoms with Crippen molar-refractivity contribution in [2.45, 2.75) is 65.1 Å². The first-order chi connectivity index (χ1) is 9.90. The SMILES string of the molecule is CCCCC(CNC(=O)OC(C)(C)C)NCc1ccn[nH]1. The molecule has 3 N–H and O–H groups in total. The van der Waals surface area contributed by atoms with Crippen LogP contribution in [0.3, 0.4) is 0 Å². The summed E-state index contributed by atoms with van der Waals surface area (Å²) in [6.07, 6.45) is 4.63. The summed E-state index contributed by atoms with van der Waals surface area (Å²) >= 11 is 0. The van der Waals surface area contributed by atoms with E-state index in [0.29, 0.717) is 13.1 Å². The van der Waals surface area contributed by atoms with Gasteiger partial charge in [0.1, 0.15) is 5.60 Å². The lowest BCUT2D eigenvalue weighted by molar-refractivity contribution is 0.0521. The van der Waals surface area contributed by atoms with Crippen molar-refractivity contribution in [2.75, 3.05) is 6.54 Å². The number of ether oxygens (including phenoxy) is 1. The largest absolute Gasteiger partial charge is 0.444 e. The number of aromatic nitrogens is 2. The molecule has 1 aromatic heterocycles. The van der Waals surface area contributed by atoms with Gasteiger partial charge in [0.05, 0.1) is 0 Å². The van der Waals surface area contributed by atoms with Crippen molar-refractivity contribution in [3.63, 3.8) is 0 Å². The number of unbranched alkanes of at least 4 members (excludes halogenated alkanes) is 1. The molecule has 0 radical (unpaired) electrons. The van der Waals surface area contributed by atoms with Gasteiger partial charge in [-0.3, -0.25) is 5.10 Å². The molecular formula is C15H28N4O2. The van der Waals surface area contributed by atoms with E-state index in [9.17, 15) is 4.79 Å². The van der Waals surface area contributed by atoms with E-state index in [1.807, 2.05) is 26.8 Å². The smallest absolute Gasteiger partial charge is 0.407 e. The van der Waals surface area contributed by atoms with E-state index >= 15 is 0 Å². The van der Waals surface area contributed by atoms with E-state index in [1.54, 1.807) is 6.20 Å². The highest BCUT2D eigenvalue weighted by Gasteiger charge is 2.17. The maximum Gasteiger partial charge on any atom is 0.407 e. The number of nitrogens with one attached hydrogen (secondary N) is 3. The normalized spacial score (nSPS) is 13.0. The van der Waals surface area contributed by atoms with Crippen LogP contribution in [0.5, 0.6) is 0 Å². The first-order valence-corrected chi connectivity index (χ1v) is 7.59. The average Bonchev–Trinajstić information content (AvgIpc) is 2.89. The Morgan fingerprint density at radius 3 is 2.81 bits per heavy atom. The average molecular weight is 296 g/mol. The number of hydrogen-bond donors (Lipinski definition) is 3. The molecule has 0 saturated heterocycles. The minimum absolute atomic E-state index is 0.223. The summed E-state index contributed by atoms with van der Waals surface area (Å²) in [4.78, 5) is 11.7. The summed E-state index contributed by atoms with van der Waals surface area (Å²) < 4.78 is 5.25. The van der Waals surface area contributed by atoms with Gasteiger partial charge >= 0.3 is 6.09 Å². The molecule has 0 bridgehead atoms. The number of H-pyrrole nitrogens is 1. The van der Waals surface area contributed by atoms with Crippen molar-refractivity contribution in [1.29, 1.82) is 0 Å². The lowest BCUT2D eigenvalue weighted by Crippen LogP contribution is -2.42. The van der Waals surface area contributed by atoms with Gasteiger partial charge in [-0.1, -0.05) is 19.8 Å². The highest BCUT2D eigenvalue weighted by Crippen LogP contribution is 2.07. The molecule has 0 aliphatic carbocycles. The lowest BCUT2D eigenvalue weighted by Gasteiger charge is -2.22. The zero-order chi connectivity index (χ0) is 15.7. The maximum absolute atomic E-state index is 11.7. The predicted octanol–water partition coefficient (Wildman–Crippen LogP) is 2.58. The van der Waals surface area contributed by atoms with Gasteiger partial charge in [-0.15, -0.1) is 0 Å². The maximum atomic E-state index is 11.7. The fourth-order valence-electron chi connectivity index (χ4n) is 1.88. The second kappa shape index (κ2) is 8.67. The zero-order valence-electron chi connectivity index (χ0n) is 13.5. The summed E-state index contributed by atoms with van der Waals surface area (Å²) in [5.41, 5.74) is 0.570. The first kappa shape index (κ1) is 17.5. The molecule has 0 aromatic carbocycles. The Bertz CT molecular complexity index is 398. The standard InChI is InChI=1S/C15H28N4O2/c1-5-6-7-12(16-11-13-8-9-18-19-13)10-17-14(20)21-15(2,3)4/h8-9,12,16H,5-7,10-11H2,1-4H3,(H,17,20)(H,18,19). The van der Waals surface area contributed by atoms with Crippen molar-refractivity contribution < 1.29 is 9.53 Å². The highest BCUT2D eigenvalue weighted by atomic mass is 16.6. The van der Waals surface area contributed by atoms with Gasteiger partial charge in [-0.05, 0) is 33.3 Å². The van der Waals surface area contributed by atoms with E-state index in [-0.39, 0.29) is 12.1 Å². The highest BCUT2D eigenvalue weighted by molar-refractivity contribution is 5.67. The fourth-order valence-corrected chi connectivity index (χ4v) is 1.88. The van der Waals surface area contributed by atoms with Crippen LogP contribution < -0.4 is 10.6 Å². The third kappa shape index (κ3) is 8.34. The zero-order valence-corrected chi connectivity index (χ0v) is 13.5. The minimum atomic E-state index is -0.466. The first-order valence-electron chi connectivity index (χ1n) is 7.59. The van der Waals surface area contributed by atoms with Crippen LogP contribution in [0.25, 0.3) is 0 Å². The van der Waals surface area contributed by atoms with E-state index in [0.717, 1.165) is 25.0 Å². The Kier molecular flexibility index (Phi) is 7.22. The Morgan fingerprint density at radius 2 is 2.24 bits per heavy atom. The Labute approximate surface area is 127 Å². The molecule has 0 aliphatic heterocycles. The Morgan fingerprint density at radius 1 is 1.48 bits per heavy atom. The second-order valence-corrected chi connectivity index (χ2v) is 6.18. The van der Waals surface area contributed by atoms with E-state index < -0.39 is 5.60 Å². The number of hydrogen-bond acceptors (Lipinski definition) is 4. The molecule has 0 saturated carbocycles. The van der Waals surface area contributed by atoms with Gasteiger partial charge < -0.3 is 15.4 Å². The fraction of sp³-hybridized carbons (Fsp3) is 0.733. The number of rotatable bonds is 8. The van der Waals surface area contributed by atoms with Crippen LogP contribution in [0.15, 0.2) is 12.3 Å². The quantitative estimate of drug-likeness (QED) is 0.689. The summed E-state index contributed by atoms with van der Waals surface area (Å²) in [5.74, 6) is 0. The molecule has 6 nitrogen and oxygen atoms in total. The van der Waals surface area contributed by atoms with Crippen molar-refractivity contribution in [2.24, 2.45) is 0 Å². The molecule has 21 heavy (non-hydrogen) atoms. The number of carbonyl (C=O) groups excluding carboxylic acids is 1. The van der Waals surface area contributed by atoms with Crippen LogP contribution in [0, 0.1) is 0 Å². The molecule has 1 amide bonds. The van der Waals surface area contributed by atoms with Gasteiger partial charge in [-0.2, -0.15) is 5.10 Å². The summed E-state index contributed by atoms with van der Waals surface area (Å²) in [7, 11) is 0. The number of alkyl carbamates (subject to hydrolysis) is 1. The van der Waals surface area contributed by atoms with Gasteiger partial charge in [0.2, 0.25) is 0 Å². The lowest BCUT2D eigenvalue weighted by atomic mass is 10.1. The minimum Gasteiger partial charge on any atom is -0.444 e. The summed E-state index contributed by atoms with van der Waals surface area (Å²) in [6, 6.07) is 2.16. The van der Waals surface area contributed by atoms with Crippen LogP contribution in [-0.2, 0) is 11.3 Å². The van der Waals surface area contributed by atoms with Gasteiger partial charge in [0, 0.05) is 31.0 Å².